The SMILES string of the molecule is CN(C)CCOc1ccc(C(=O)N2C/C(=C\c3ccc(F)c(F)c3)C(=O)/C(=C/c3ccc(F)c(F)c3)C2)cc1[N+](=O)[O-]. The van der Waals surface area contributed by atoms with Crippen molar-refractivity contribution in [1.29, 1.82) is 0 Å². The molecule has 0 aromatic heterocycles. The fraction of sp³-hybridized carbons (Fsp3) is 0.200. The first-order valence-electron chi connectivity index (χ1n) is 12.6. The highest BCUT2D eigenvalue weighted by Gasteiger charge is 2.31. The van der Waals surface area contributed by atoms with Crippen LogP contribution in [-0.4, -0.2) is 66.8 Å². The molecular formula is C30H25F4N3O5. The van der Waals surface area contributed by atoms with Crippen LogP contribution in [0.1, 0.15) is 21.5 Å². The molecule has 8 nitrogen and oxygen atoms in total. The Morgan fingerprint density at radius 3 is 1.93 bits per heavy atom. The highest BCUT2D eigenvalue weighted by atomic mass is 19.2. The lowest BCUT2D eigenvalue weighted by Gasteiger charge is -2.30. The predicted octanol–water partition coefficient (Wildman–Crippen LogP) is 5.28. The summed E-state index contributed by atoms with van der Waals surface area (Å²) >= 11 is 0. The van der Waals surface area contributed by atoms with Crippen molar-refractivity contribution in [1.82, 2.24) is 9.80 Å². The highest BCUT2D eigenvalue weighted by molar-refractivity contribution is 6.16. The first kappa shape index (κ1) is 30.1. The molecule has 1 heterocycles. The number of benzene rings is 3. The third-order valence-corrected chi connectivity index (χ3v) is 6.36. The molecule has 12 heteroatoms. The molecule has 3 aromatic rings. The summed E-state index contributed by atoms with van der Waals surface area (Å²) in [6.07, 6.45) is 2.57. The molecule has 0 N–H and O–H groups in total. The van der Waals surface area contributed by atoms with Gasteiger partial charge in [-0.05, 0) is 73.8 Å². The van der Waals surface area contributed by atoms with Crippen molar-refractivity contribution >= 4 is 29.5 Å². The summed E-state index contributed by atoms with van der Waals surface area (Å²) in [5.74, 6) is -5.69. The molecule has 0 spiro atoms. The summed E-state index contributed by atoms with van der Waals surface area (Å²) in [6, 6.07) is 9.77. The van der Waals surface area contributed by atoms with Gasteiger partial charge >= 0.3 is 5.69 Å². The Hall–Kier alpha value is -4.84. The number of likely N-dealkylation sites (tertiary alicyclic amines) is 1. The largest absolute Gasteiger partial charge is 0.485 e. The van der Waals surface area contributed by atoms with E-state index in [4.69, 9.17) is 4.74 Å². The number of Topliss-reactive ketones (excluding diaryl/α,β-unsaturated/α-hetero) is 1. The summed E-state index contributed by atoms with van der Waals surface area (Å²) in [4.78, 5) is 41.0. The maximum absolute atomic E-state index is 13.8. The minimum absolute atomic E-state index is 0.0209. The van der Waals surface area contributed by atoms with Crippen molar-refractivity contribution in [2.75, 3.05) is 40.3 Å². The van der Waals surface area contributed by atoms with E-state index in [1.54, 1.807) is 0 Å². The molecule has 1 aliphatic rings. The van der Waals surface area contributed by atoms with Crippen LogP contribution in [0.4, 0.5) is 23.2 Å². The first-order valence-corrected chi connectivity index (χ1v) is 12.6. The molecule has 0 bridgehead atoms. The zero-order valence-corrected chi connectivity index (χ0v) is 22.6. The molecule has 0 saturated carbocycles. The van der Waals surface area contributed by atoms with E-state index in [0.717, 1.165) is 30.3 Å². The van der Waals surface area contributed by atoms with Gasteiger partial charge in [0.2, 0.25) is 0 Å². The van der Waals surface area contributed by atoms with Crippen molar-refractivity contribution in [3.8, 4) is 5.75 Å². The number of ketones is 1. The minimum atomic E-state index is -1.14. The molecule has 0 aliphatic carbocycles. The normalized spacial score (nSPS) is 15.5. The smallest absolute Gasteiger partial charge is 0.311 e. The minimum Gasteiger partial charge on any atom is -0.485 e. The molecule has 1 fully saturated rings. The van der Waals surface area contributed by atoms with E-state index in [-0.39, 0.29) is 53.3 Å². The quantitative estimate of drug-likeness (QED) is 0.155. The Bertz CT molecular complexity index is 1550. The summed E-state index contributed by atoms with van der Waals surface area (Å²) in [5, 5.41) is 11.7. The van der Waals surface area contributed by atoms with Gasteiger partial charge in [0.15, 0.2) is 34.8 Å². The van der Waals surface area contributed by atoms with Crippen LogP contribution < -0.4 is 4.74 Å². The number of piperidine rings is 1. The van der Waals surface area contributed by atoms with E-state index in [2.05, 4.69) is 0 Å². The molecule has 218 valence electrons. The van der Waals surface area contributed by atoms with Crippen LogP contribution in [0.15, 0.2) is 65.7 Å². The van der Waals surface area contributed by atoms with E-state index < -0.39 is 45.6 Å². The van der Waals surface area contributed by atoms with Crippen LogP contribution in [-0.2, 0) is 4.79 Å². The second-order valence-electron chi connectivity index (χ2n) is 9.77. The number of hydrogen-bond donors (Lipinski definition) is 0. The maximum Gasteiger partial charge on any atom is 0.311 e. The number of carbonyl (C=O) groups excluding carboxylic acids is 2. The van der Waals surface area contributed by atoms with E-state index in [9.17, 15) is 37.3 Å². The Balaban J connectivity index is 1.71. The van der Waals surface area contributed by atoms with Crippen LogP contribution >= 0.6 is 0 Å². The number of nitro groups is 1. The molecule has 3 aromatic carbocycles. The molecular weight excluding hydrogens is 558 g/mol. The van der Waals surface area contributed by atoms with Crippen LogP contribution in [0.25, 0.3) is 12.2 Å². The first-order chi connectivity index (χ1) is 19.9. The van der Waals surface area contributed by atoms with Crippen LogP contribution in [0.2, 0.25) is 0 Å². The number of amides is 1. The Labute approximate surface area is 238 Å². The number of hydrogen-bond acceptors (Lipinski definition) is 6. The van der Waals surface area contributed by atoms with E-state index in [1.165, 1.54) is 41.3 Å². The van der Waals surface area contributed by atoms with Crippen molar-refractivity contribution in [2.24, 2.45) is 0 Å². The third kappa shape index (κ3) is 7.07. The highest BCUT2D eigenvalue weighted by Crippen LogP contribution is 2.30. The number of likely N-dealkylation sites (N-methyl/N-ethyl adjacent to an activating group) is 1. The number of rotatable bonds is 8. The van der Waals surface area contributed by atoms with Crippen LogP contribution in [0.3, 0.4) is 0 Å². The van der Waals surface area contributed by atoms with Gasteiger partial charge in [-0.3, -0.25) is 19.7 Å². The topological polar surface area (TPSA) is 93.0 Å². The van der Waals surface area contributed by atoms with Crippen LogP contribution in [0.5, 0.6) is 5.75 Å². The lowest BCUT2D eigenvalue weighted by molar-refractivity contribution is -0.385. The van der Waals surface area contributed by atoms with Gasteiger partial charge < -0.3 is 14.5 Å². The molecule has 0 radical (unpaired) electrons. The standard InChI is InChI=1S/C30H25F4N3O5/c1-35(2)9-10-42-28-8-5-20(15-27(28)37(40)41)30(39)36-16-21(11-18-3-6-23(31)25(33)13-18)29(38)22(17-36)12-19-4-7-24(32)26(34)14-19/h3-8,11-15H,9-10,16-17H2,1-2H3/b21-11+,22-12+. The second-order valence-corrected chi connectivity index (χ2v) is 9.77. The van der Waals surface area contributed by atoms with Crippen molar-refractivity contribution in [2.45, 2.75) is 0 Å². The van der Waals surface area contributed by atoms with Gasteiger partial charge in [0.1, 0.15) is 6.61 Å². The summed E-state index contributed by atoms with van der Waals surface area (Å²) < 4.78 is 60.1. The van der Waals surface area contributed by atoms with Crippen molar-refractivity contribution in [3.05, 3.63) is 116 Å². The summed E-state index contributed by atoms with van der Waals surface area (Å²) in [5.41, 5.74) is -0.152. The fourth-order valence-electron chi connectivity index (χ4n) is 4.23. The van der Waals surface area contributed by atoms with Gasteiger partial charge in [-0.15, -0.1) is 0 Å². The Kier molecular flexibility index (Phi) is 9.16. The van der Waals surface area contributed by atoms with E-state index in [0.29, 0.717) is 6.54 Å². The molecule has 0 atom stereocenters. The zero-order chi connectivity index (χ0) is 30.6. The number of halogens is 4. The second kappa shape index (κ2) is 12.8. The van der Waals surface area contributed by atoms with Gasteiger partial charge in [-0.25, -0.2) is 17.6 Å². The Morgan fingerprint density at radius 2 is 1.45 bits per heavy atom. The van der Waals surface area contributed by atoms with E-state index in [1.807, 2.05) is 19.0 Å². The summed E-state index contributed by atoms with van der Waals surface area (Å²) in [7, 11) is 3.63. The lowest BCUT2D eigenvalue weighted by Crippen LogP contribution is -2.41. The van der Waals surface area contributed by atoms with Gasteiger partial charge in [0.05, 0.1) is 18.0 Å². The molecule has 1 amide bonds. The average Bonchev–Trinajstić information content (AvgIpc) is 2.94. The Morgan fingerprint density at radius 1 is 0.905 bits per heavy atom. The van der Waals surface area contributed by atoms with Gasteiger partial charge in [-0.2, -0.15) is 0 Å². The lowest BCUT2D eigenvalue weighted by atomic mass is 9.93. The fourth-order valence-corrected chi connectivity index (χ4v) is 4.23. The predicted molar refractivity (Wildman–Crippen MR) is 147 cm³/mol. The third-order valence-electron chi connectivity index (χ3n) is 6.36. The zero-order valence-electron chi connectivity index (χ0n) is 22.6. The molecule has 0 unspecified atom stereocenters. The number of ether oxygens (including phenoxy) is 1. The number of nitro benzene ring substituents is 1. The van der Waals surface area contributed by atoms with E-state index >= 15 is 0 Å². The molecule has 1 aliphatic heterocycles. The maximum atomic E-state index is 13.8. The number of carbonyl (C=O) groups is 2. The number of nitrogens with zero attached hydrogens (tertiary/aromatic N) is 3. The summed E-state index contributed by atoms with van der Waals surface area (Å²) in [6.45, 7) is 0.146. The average molecular weight is 584 g/mol. The van der Waals surface area contributed by atoms with Gasteiger partial charge in [0, 0.05) is 29.3 Å². The van der Waals surface area contributed by atoms with Gasteiger partial charge in [-0.1, -0.05) is 12.1 Å². The van der Waals surface area contributed by atoms with Crippen molar-refractivity contribution < 1.29 is 36.8 Å². The molecule has 4 rings (SSSR count). The molecule has 42 heavy (non-hydrogen) atoms. The van der Waals surface area contributed by atoms with Gasteiger partial charge in [0.25, 0.3) is 5.91 Å². The van der Waals surface area contributed by atoms with Crippen LogP contribution in [0, 0.1) is 33.4 Å². The van der Waals surface area contributed by atoms with Crippen molar-refractivity contribution in [3.63, 3.8) is 0 Å². The molecule has 1 saturated heterocycles. The monoisotopic (exact) mass is 583 g/mol.